The van der Waals surface area contributed by atoms with E-state index in [1.165, 1.54) is 5.56 Å². The quantitative estimate of drug-likeness (QED) is 0.776. The third kappa shape index (κ3) is 4.40. The molecule has 2 nitrogen and oxygen atoms in total. The van der Waals surface area contributed by atoms with Gasteiger partial charge in [0.1, 0.15) is 0 Å². The highest BCUT2D eigenvalue weighted by molar-refractivity contribution is 5.15. The van der Waals surface area contributed by atoms with E-state index in [4.69, 9.17) is 10.5 Å². The van der Waals surface area contributed by atoms with Gasteiger partial charge in [-0.25, -0.2) is 0 Å². The number of ether oxygens (including phenoxy) is 1. The van der Waals surface area contributed by atoms with Gasteiger partial charge in [-0.1, -0.05) is 30.3 Å². The fourth-order valence-corrected chi connectivity index (χ4v) is 1.29. The molecular formula is C12H19NO. The summed E-state index contributed by atoms with van der Waals surface area (Å²) >= 11 is 0. The normalized spacial score (nSPS) is 13.1. The molecule has 1 aromatic carbocycles. The van der Waals surface area contributed by atoms with Gasteiger partial charge in [0.15, 0.2) is 0 Å². The van der Waals surface area contributed by atoms with Crippen LogP contribution in [0.25, 0.3) is 0 Å². The summed E-state index contributed by atoms with van der Waals surface area (Å²) in [5.74, 6) is 0. The summed E-state index contributed by atoms with van der Waals surface area (Å²) in [4.78, 5) is 0. The topological polar surface area (TPSA) is 35.2 Å². The molecule has 0 amide bonds. The van der Waals surface area contributed by atoms with Crippen LogP contribution in [0.2, 0.25) is 0 Å². The molecule has 2 heteroatoms. The van der Waals surface area contributed by atoms with Crippen LogP contribution < -0.4 is 5.73 Å². The van der Waals surface area contributed by atoms with Crippen molar-refractivity contribution >= 4 is 0 Å². The van der Waals surface area contributed by atoms with E-state index in [0.717, 1.165) is 6.42 Å². The number of nitrogens with two attached hydrogens (primary N) is 1. The van der Waals surface area contributed by atoms with Crippen LogP contribution in [0.15, 0.2) is 30.3 Å². The monoisotopic (exact) mass is 193 g/mol. The minimum absolute atomic E-state index is 0.0970. The zero-order chi connectivity index (χ0) is 10.4. The van der Waals surface area contributed by atoms with Gasteiger partial charge in [0.25, 0.3) is 0 Å². The van der Waals surface area contributed by atoms with Crippen molar-refractivity contribution in [2.75, 3.05) is 6.61 Å². The molecule has 1 atom stereocenters. The van der Waals surface area contributed by atoms with Crippen molar-refractivity contribution in [3.05, 3.63) is 35.9 Å². The van der Waals surface area contributed by atoms with Crippen LogP contribution in [0.3, 0.4) is 0 Å². The number of benzene rings is 1. The highest BCUT2D eigenvalue weighted by Crippen LogP contribution is 2.02. The van der Waals surface area contributed by atoms with E-state index < -0.39 is 0 Å². The third-order valence-corrected chi connectivity index (χ3v) is 1.98. The lowest BCUT2D eigenvalue weighted by atomic mass is 10.1. The molecule has 0 fully saturated rings. The molecule has 0 heterocycles. The molecule has 0 aliphatic carbocycles. The molecule has 0 saturated heterocycles. The van der Waals surface area contributed by atoms with Gasteiger partial charge >= 0.3 is 0 Å². The van der Waals surface area contributed by atoms with Gasteiger partial charge in [-0.15, -0.1) is 0 Å². The van der Waals surface area contributed by atoms with Gasteiger partial charge in [-0.2, -0.15) is 0 Å². The Balaban J connectivity index is 2.30. The van der Waals surface area contributed by atoms with E-state index in [1.54, 1.807) is 0 Å². The summed E-state index contributed by atoms with van der Waals surface area (Å²) in [6.45, 7) is 4.68. The molecule has 2 N–H and O–H groups in total. The van der Waals surface area contributed by atoms with Crippen molar-refractivity contribution in [3.63, 3.8) is 0 Å². The van der Waals surface area contributed by atoms with E-state index >= 15 is 0 Å². The van der Waals surface area contributed by atoms with Gasteiger partial charge in [0.05, 0.1) is 12.7 Å². The molecule has 0 unspecified atom stereocenters. The Morgan fingerprint density at radius 3 is 2.43 bits per heavy atom. The standard InChI is InChI=1S/C12H19NO/c1-10(2)14-9-12(13)8-11-6-4-3-5-7-11/h3-7,10,12H,8-9,13H2,1-2H3/t12-/m0/s1. The first kappa shape index (κ1) is 11.2. The van der Waals surface area contributed by atoms with Crippen molar-refractivity contribution in [2.24, 2.45) is 5.73 Å². The summed E-state index contributed by atoms with van der Waals surface area (Å²) in [6, 6.07) is 10.4. The molecule has 0 spiro atoms. The average Bonchev–Trinajstić information content (AvgIpc) is 2.16. The minimum atomic E-state index is 0.0970. The summed E-state index contributed by atoms with van der Waals surface area (Å²) in [6.07, 6.45) is 1.14. The minimum Gasteiger partial charge on any atom is -0.377 e. The Hall–Kier alpha value is -0.860. The summed E-state index contributed by atoms with van der Waals surface area (Å²) < 4.78 is 5.45. The largest absolute Gasteiger partial charge is 0.377 e. The second-order valence-corrected chi connectivity index (χ2v) is 3.83. The maximum atomic E-state index is 5.93. The Morgan fingerprint density at radius 1 is 1.21 bits per heavy atom. The number of rotatable bonds is 5. The van der Waals surface area contributed by atoms with E-state index in [1.807, 2.05) is 32.0 Å². The molecule has 0 aliphatic heterocycles. The van der Waals surface area contributed by atoms with Crippen molar-refractivity contribution < 1.29 is 4.74 Å². The summed E-state index contributed by atoms with van der Waals surface area (Å²) in [5, 5.41) is 0. The zero-order valence-electron chi connectivity index (χ0n) is 8.94. The SMILES string of the molecule is CC(C)OC[C@@H](N)Cc1ccccc1. The summed E-state index contributed by atoms with van der Waals surface area (Å²) in [5.41, 5.74) is 7.20. The molecule has 0 bridgehead atoms. The molecule has 0 aliphatic rings. The van der Waals surface area contributed by atoms with Crippen LogP contribution in [0.5, 0.6) is 0 Å². The van der Waals surface area contributed by atoms with Crippen LogP contribution in [-0.2, 0) is 11.2 Å². The Morgan fingerprint density at radius 2 is 1.86 bits per heavy atom. The molecular weight excluding hydrogens is 174 g/mol. The summed E-state index contributed by atoms with van der Waals surface area (Å²) in [7, 11) is 0. The van der Waals surface area contributed by atoms with Crippen molar-refractivity contribution in [2.45, 2.75) is 32.4 Å². The predicted molar refractivity (Wildman–Crippen MR) is 59.2 cm³/mol. The van der Waals surface area contributed by atoms with Crippen molar-refractivity contribution in [3.8, 4) is 0 Å². The zero-order valence-corrected chi connectivity index (χ0v) is 8.94. The van der Waals surface area contributed by atoms with E-state index in [2.05, 4.69) is 12.1 Å². The maximum absolute atomic E-state index is 5.93. The lowest BCUT2D eigenvalue weighted by molar-refractivity contribution is 0.0684. The van der Waals surface area contributed by atoms with E-state index in [9.17, 15) is 0 Å². The molecule has 0 aromatic heterocycles. The van der Waals surface area contributed by atoms with Gasteiger partial charge in [0, 0.05) is 6.04 Å². The Bertz CT molecular complexity index is 246. The predicted octanol–water partition coefficient (Wildman–Crippen LogP) is 1.98. The molecule has 14 heavy (non-hydrogen) atoms. The Kier molecular flexibility index (Phi) is 4.63. The van der Waals surface area contributed by atoms with Gasteiger partial charge < -0.3 is 10.5 Å². The van der Waals surface area contributed by atoms with E-state index in [0.29, 0.717) is 6.61 Å². The maximum Gasteiger partial charge on any atom is 0.0624 e. The van der Waals surface area contributed by atoms with E-state index in [-0.39, 0.29) is 12.1 Å². The van der Waals surface area contributed by atoms with Gasteiger partial charge in [-0.05, 0) is 25.8 Å². The molecule has 78 valence electrons. The van der Waals surface area contributed by atoms with Crippen molar-refractivity contribution in [1.82, 2.24) is 0 Å². The number of hydrogen-bond donors (Lipinski definition) is 1. The second-order valence-electron chi connectivity index (χ2n) is 3.83. The van der Waals surface area contributed by atoms with Crippen molar-refractivity contribution in [1.29, 1.82) is 0 Å². The highest BCUT2D eigenvalue weighted by Gasteiger charge is 2.04. The fourth-order valence-electron chi connectivity index (χ4n) is 1.29. The third-order valence-electron chi connectivity index (χ3n) is 1.98. The van der Waals surface area contributed by atoms with Crippen LogP contribution in [0, 0.1) is 0 Å². The van der Waals surface area contributed by atoms with Crippen LogP contribution >= 0.6 is 0 Å². The number of hydrogen-bond acceptors (Lipinski definition) is 2. The van der Waals surface area contributed by atoms with Crippen LogP contribution in [0.1, 0.15) is 19.4 Å². The van der Waals surface area contributed by atoms with Crippen LogP contribution in [0.4, 0.5) is 0 Å². The van der Waals surface area contributed by atoms with Gasteiger partial charge in [0.2, 0.25) is 0 Å². The molecule has 0 radical (unpaired) electrons. The first-order valence-corrected chi connectivity index (χ1v) is 5.09. The smallest absolute Gasteiger partial charge is 0.0624 e. The lowest BCUT2D eigenvalue weighted by Crippen LogP contribution is -2.29. The lowest BCUT2D eigenvalue weighted by Gasteiger charge is -2.14. The van der Waals surface area contributed by atoms with Crippen LogP contribution in [-0.4, -0.2) is 18.8 Å². The molecule has 0 saturated carbocycles. The second kappa shape index (κ2) is 5.78. The van der Waals surface area contributed by atoms with Gasteiger partial charge in [-0.3, -0.25) is 0 Å². The first-order valence-electron chi connectivity index (χ1n) is 5.09. The first-order chi connectivity index (χ1) is 6.68. The Labute approximate surface area is 86.1 Å². The fraction of sp³-hybridized carbons (Fsp3) is 0.500. The molecule has 1 aromatic rings. The average molecular weight is 193 g/mol. The highest BCUT2D eigenvalue weighted by atomic mass is 16.5. The molecule has 1 rings (SSSR count).